The van der Waals surface area contributed by atoms with Crippen LogP contribution in [0.5, 0.6) is 0 Å². The number of para-hydroxylation sites is 1. The third-order valence-corrected chi connectivity index (χ3v) is 5.03. The Morgan fingerprint density at radius 1 is 1.40 bits per heavy atom. The number of aryl methyl sites for hydroxylation is 1. The number of aromatic carboxylic acids is 1. The summed E-state index contributed by atoms with van der Waals surface area (Å²) in [7, 11) is 0. The van der Waals surface area contributed by atoms with Crippen LogP contribution in [0.3, 0.4) is 0 Å². The van der Waals surface area contributed by atoms with Crippen LogP contribution in [0.25, 0.3) is 0 Å². The smallest absolute Gasteiger partial charge is 0.337 e. The second kappa shape index (κ2) is 4.94. The van der Waals surface area contributed by atoms with E-state index in [9.17, 15) is 9.90 Å². The summed E-state index contributed by atoms with van der Waals surface area (Å²) in [5.74, 6) is -0.855. The van der Waals surface area contributed by atoms with Crippen molar-refractivity contribution < 1.29 is 9.90 Å². The van der Waals surface area contributed by atoms with Crippen LogP contribution in [0.15, 0.2) is 29.6 Å². The summed E-state index contributed by atoms with van der Waals surface area (Å²) in [6, 6.07) is 7.88. The molecule has 3 rings (SSSR count). The lowest BCUT2D eigenvalue weighted by Gasteiger charge is -2.37. The molecule has 0 fully saturated rings. The van der Waals surface area contributed by atoms with Gasteiger partial charge in [-0.05, 0) is 48.9 Å². The number of carboxylic acids is 1. The van der Waals surface area contributed by atoms with Gasteiger partial charge in [-0.15, -0.1) is 11.3 Å². The number of hydrogen-bond acceptors (Lipinski definition) is 3. The van der Waals surface area contributed by atoms with Crippen LogP contribution in [0.4, 0.5) is 5.69 Å². The van der Waals surface area contributed by atoms with Gasteiger partial charge in [0.15, 0.2) is 0 Å². The van der Waals surface area contributed by atoms with E-state index in [2.05, 4.69) is 23.3 Å². The second-order valence-corrected chi connectivity index (χ2v) is 6.20. The van der Waals surface area contributed by atoms with Crippen molar-refractivity contribution in [2.75, 3.05) is 11.4 Å². The number of carbonyl (C=O) groups is 1. The summed E-state index contributed by atoms with van der Waals surface area (Å²) in [4.78, 5) is 15.2. The van der Waals surface area contributed by atoms with Crippen LogP contribution in [-0.4, -0.2) is 17.6 Å². The minimum Gasteiger partial charge on any atom is -0.478 e. The third-order valence-electron chi connectivity index (χ3n) is 4.03. The maximum atomic E-state index is 11.5. The Balaban J connectivity index is 2.09. The van der Waals surface area contributed by atoms with Crippen LogP contribution in [0, 0.1) is 6.92 Å². The Morgan fingerprint density at radius 2 is 2.20 bits per heavy atom. The van der Waals surface area contributed by atoms with Crippen LogP contribution < -0.4 is 4.90 Å². The molecule has 0 bridgehead atoms. The van der Waals surface area contributed by atoms with E-state index in [-0.39, 0.29) is 6.04 Å². The Morgan fingerprint density at radius 3 is 2.95 bits per heavy atom. The van der Waals surface area contributed by atoms with Gasteiger partial charge in [-0.1, -0.05) is 12.1 Å². The van der Waals surface area contributed by atoms with Crippen molar-refractivity contribution >= 4 is 23.0 Å². The fourth-order valence-electron chi connectivity index (χ4n) is 3.03. The molecule has 1 aromatic heterocycles. The zero-order valence-electron chi connectivity index (χ0n) is 11.6. The minimum atomic E-state index is -0.855. The first-order chi connectivity index (χ1) is 9.59. The zero-order chi connectivity index (χ0) is 14.3. The summed E-state index contributed by atoms with van der Waals surface area (Å²) >= 11 is 1.80. The average Bonchev–Trinajstić information content (AvgIpc) is 2.89. The highest BCUT2D eigenvalue weighted by molar-refractivity contribution is 7.10. The van der Waals surface area contributed by atoms with Crippen LogP contribution in [0.1, 0.15) is 39.3 Å². The Bertz CT molecular complexity index is 662. The molecule has 4 heteroatoms. The fourth-order valence-corrected chi connectivity index (χ4v) is 3.99. The van der Waals surface area contributed by atoms with Crippen molar-refractivity contribution in [1.29, 1.82) is 0 Å². The number of thiophene rings is 1. The number of benzene rings is 1. The van der Waals surface area contributed by atoms with Gasteiger partial charge in [-0.25, -0.2) is 4.79 Å². The van der Waals surface area contributed by atoms with E-state index >= 15 is 0 Å². The number of hydrogen-bond donors (Lipinski definition) is 1. The summed E-state index contributed by atoms with van der Waals surface area (Å²) in [5.41, 5.74) is 3.62. The van der Waals surface area contributed by atoms with Gasteiger partial charge in [-0.2, -0.15) is 0 Å². The van der Waals surface area contributed by atoms with Gasteiger partial charge >= 0.3 is 5.97 Å². The standard InChI is InChI=1S/C16H17NO2S/c1-10-4-3-5-13(16(18)19)15(10)17-8-6-14-12(11(17)2)7-9-20-14/h3-5,7,9,11H,6,8H2,1-2H3,(H,18,19). The lowest BCUT2D eigenvalue weighted by atomic mass is 9.97. The molecule has 1 N–H and O–H groups in total. The third kappa shape index (κ3) is 2.00. The van der Waals surface area contributed by atoms with E-state index in [1.807, 2.05) is 19.1 Å². The Kier molecular flexibility index (Phi) is 3.26. The molecule has 1 aliphatic rings. The molecule has 0 spiro atoms. The predicted octanol–water partition coefficient (Wildman–Crippen LogP) is 3.88. The second-order valence-electron chi connectivity index (χ2n) is 5.19. The van der Waals surface area contributed by atoms with Gasteiger partial charge < -0.3 is 10.0 Å². The summed E-state index contributed by atoms with van der Waals surface area (Å²) in [6.07, 6.45) is 0.991. The first-order valence-corrected chi connectivity index (χ1v) is 7.63. The Labute approximate surface area is 122 Å². The summed E-state index contributed by atoms with van der Waals surface area (Å²) < 4.78 is 0. The molecule has 0 radical (unpaired) electrons. The number of fused-ring (bicyclic) bond motifs is 1. The van der Waals surface area contributed by atoms with Crippen molar-refractivity contribution in [2.24, 2.45) is 0 Å². The maximum absolute atomic E-state index is 11.5. The molecule has 1 unspecified atom stereocenters. The van der Waals surface area contributed by atoms with Crippen molar-refractivity contribution in [1.82, 2.24) is 0 Å². The molecule has 0 aliphatic carbocycles. The van der Waals surface area contributed by atoms with Gasteiger partial charge in [-0.3, -0.25) is 0 Å². The van der Waals surface area contributed by atoms with E-state index in [0.29, 0.717) is 5.56 Å². The van der Waals surface area contributed by atoms with Crippen LogP contribution >= 0.6 is 11.3 Å². The van der Waals surface area contributed by atoms with Crippen LogP contribution in [-0.2, 0) is 6.42 Å². The van der Waals surface area contributed by atoms with Crippen molar-refractivity contribution in [2.45, 2.75) is 26.3 Å². The first-order valence-electron chi connectivity index (χ1n) is 6.75. The topological polar surface area (TPSA) is 40.5 Å². The van der Waals surface area contributed by atoms with Gasteiger partial charge in [0.25, 0.3) is 0 Å². The van der Waals surface area contributed by atoms with E-state index in [0.717, 1.165) is 24.2 Å². The molecule has 0 amide bonds. The monoisotopic (exact) mass is 287 g/mol. The highest BCUT2D eigenvalue weighted by Crippen LogP contribution is 2.38. The van der Waals surface area contributed by atoms with Crippen molar-refractivity contribution in [3.05, 3.63) is 51.2 Å². The van der Waals surface area contributed by atoms with Gasteiger partial charge in [0, 0.05) is 11.4 Å². The van der Waals surface area contributed by atoms with Crippen molar-refractivity contribution in [3.63, 3.8) is 0 Å². The molecule has 2 aromatic rings. The average molecular weight is 287 g/mol. The number of carboxylic acid groups (broad SMARTS) is 1. The molecule has 20 heavy (non-hydrogen) atoms. The van der Waals surface area contributed by atoms with E-state index in [4.69, 9.17) is 0 Å². The maximum Gasteiger partial charge on any atom is 0.337 e. The van der Waals surface area contributed by atoms with Gasteiger partial charge in [0.05, 0.1) is 17.3 Å². The highest BCUT2D eigenvalue weighted by Gasteiger charge is 2.28. The zero-order valence-corrected chi connectivity index (χ0v) is 12.4. The lowest BCUT2D eigenvalue weighted by molar-refractivity contribution is 0.0697. The largest absolute Gasteiger partial charge is 0.478 e. The van der Waals surface area contributed by atoms with Crippen LogP contribution in [0.2, 0.25) is 0 Å². The molecular weight excluding hydrogens is 270 g/mol. The molecule has 1 aliphatic heterocycles. The van der Waals surface area contributed by atoms with E-state index in [1.165, 1.54) is 10.4 Å². The number of nitrogens with zero attached hydrogens (tertiary/aromatic N) is 1. The molecular formula is C16H17NO2S. The van der Waals surface area contributed by atoms with E-state index in [1.54, 1.807) is 17.4 Å². The highest BCUT2D eigenvalue weighted by atomic mass is 32.1. The molecule has 104 valence electrons. The quantitative estimate of drug-likeness (QED) is 0.911. The lowest BCUT2D eigenvalue weighted by Crippen LogP contribution is -2.34. The molecule has 1 aromatic carbocycles. The van der Waals surface area contributed by atoms with Crippen molar-refractivity contribution in [3.8, 4) is 0 Å². The Hall–Kier alpha value is -1.81. The van der Waals surface area contributed by atoms with Gasteiger partial charge in [0.1, 0.15) is 0 Å². The number of rotatable bonds is 2. The molecule has 3 nitrogen and oxygen atoms in total. The molecule has 2 heterocycles. The normalized spacial score (nSPS) is 17.9. The fraction of sp³-hybridized carbons (Fsp3) is 0.312. The van der Waals surface area contributed by atoms with E-state index < -0.39 is 5.97 Å². The summed E-state index contributed by atoms with van der Waals surface area (Å²) in [5, 5.41) is 11.6. The molecule has 0 saturated heterocycles. The molecule has 1 atom stereocenters. The van der Waals surface area contributed by atoms with Gasteiger partial charge in [0.2, 0.25) is 0 Å². The first kappa shape index (κ1) is 13.2. The predicted molar refractivity (Wildman–Crippen MR) is 81.9 cm³/mol. The molecule has 0 saturated carbocycles. The number of anilines is 1. The SMILES string of the molecule is Cc1cccc(C(=O)O)c1N1CCc2sccc2C1C. The summed E-state index contributed by atoms with van der Waals surface area (Å²) in [6.45, 7) is 5.01. The minimum absolute atomic E-state index is 0.226.